The van der Waals surface area contributed by atoms with Gasteiger partial charge in [-0.25, -0.2) is 4.79 Å². The van der Waals surface area contributed by atoms with Crippen molar-refractivity contribution >= 4 is 5.97 Å². The maximum absolute atomic E-state index is 12.5. The largest absolute Gasteiger partial charge is 0.464 e. The Morgan fingerprint density at radius 1 is 0.686 bits per heavy atom. The molecule has 1 aromatic rings. The topological polar surface area (TPSA) is 69.9 Å². The Kier molecular flexibility index (Phi) is 20.7. The highest BCUT2D eigenvalue weighted by molar-refractivity contribution is 5.73. The van der Waals surface area contributed by atoms with Crippen molar-refractivity contribution in [3.05, 3.63) is 5.82 Å². The molecule has 0 radical (unpaired) electrons. The van der Waals surface area contributed by atoms with Crippen molar-refractivity contribution in [1.29, 1.82) is 0 Å². The fourth-order valence-electron chi connectivity index (χ4n) is 4.65. The van der Waals surface area contributed by atoms with Crippen molar-refractivity contribution in [1.82, 2.24) is 20.2 Å². The average Bonchev–Trinajstić information content (AvgIpc) is 3.32. The molecule has 0 aromatic carbocycles. The maximum atomic E-state index is 12.5. The second-order valence-corrected chi connectivity index (χ2v) is 10.2. The summed E-state index contributed by atoms with van der Waals surface area (Å²) in [7, 11) is 0. The van der Waals surface area contributed by atoms with Crippen LogP contribution >= 0.6 is 0 Å². The van der Waals surface area contributed by atoms with Crippen molar-refractivity contribution in [2.45, 2.75) is 168 Å². The molecule has 0 bridgehead atoms. The normalized spacial score (nSPS) is 12.2. The number of carbonyl (C=O) groups excluding carboxylic acids is 1. The van der Waals surface area contributed by atoms with Crippen LogP contribution in [0.4, 0.5) is 0 Å². The Balaban J connectivity index is 2.25. The minimum Gasteiger partial charge on any atom is -0.464 e. The third-order valence-electron chi connectivity index (χ3n) is 6.89. The predicted molar refractivity (Wildman–Crippen MR) is 145 cm³/mol. The third-order valence-corrected chi connectivity index (χ3v) is 6.89. The Labute approximate surface area is 216 Å². The van der Waals surface area contributed by atoms with Gasteiger partial charge in [0.15, 0.2) is 11.9 Å². The quantitative estimate of drug-likeness (QED) is 0.101. The number of nitrogens with zero attached hydrogens (tertiary/aromatic N) is 4. The molecule has 1 rings (SSSR count). The lowest BCUT2D eigenvalue weighted by Gasteiger charge is -2.14. The molecule has 0 aliphatic heterocycles. The van der Waals surface area contributed by atoms with Crippen LogP contribution in [-0.2, 0) is 16.0 Å². The number of hydrogen-bond acceptors (Lipinski definition) is 5. The van der Waals surface area contributed by atoms with Crippen LogP contribution in [0.5, 0.6) is 0 Å². The lowest BCUT2D eigenvalue weighted by molar-refractivity contribution is -0.148. The van der Waals surface area contributed by atoms with Crippen molar-refractivity contribution in [2.75, 3.05) is 6.61 Å². The van der Waals surface area contributed by atoms with E-state index in [1.165, 1.54) is 114 Å². The molecule has 6 nitrogen and oxygen atoms in total. The van der Waals surface area contributed by atoms with Crippen molar-refractivity contribution in [3.63, 3.8) is 0 Å². The Morgan fingerprint density at radius 2 is 1.14 bits per heavy atom. The average molecular weight is 493 g/mol. The third kappa shape index (κ3) is 16.8. The standard InChI is InChI=1S/C29H56N4O2/c1-4-7-9-11-13-15-17-19-21-23-25-27(29(34)35-6-3)33-31-28(30-32-33)26-24-22-20-18-16-14-12-10-8-5-2/h27H,4-26H2,1-3H3. The summed E-state index contributed by atoms with van der Waals surface area (Å²) in [6.45, 7) is 6.76. The molecule has 1 unspecified atom stereocenters. The van der Waals surface area contributed by atoms with Gasteiger partial charge in [0.1, 0.15) is 0 Å². The number of rotatable bonds is 25. The van der Waals surface area contributed by atoms with Gasteiger partial charge in [-0.05, 0) is 25.0 Å². The van der Waals surface area contributed by atoms with Crippen LogP contribution in [0.3, 0.4) is 0 Å². The van der Waals surface area contributed by atoms with Crippen LogP contribution < -0.4 is 0 Å². The minimum absolute atomic E-state index is 0.230. The van der Waals surface area contributed by atoms with E-state index in [1.807, 2.05) is 6.92 Å². The summed E-state index contributed by atoms with van der Waals surface area (Å²) in [6, 6.07) is -0.446. The second-order valence-electron chi connectivity index (χ2n) is 10.2. The van der Waals surface area contributed by atoms with Gasteiger partial charge in [0, 0.05) is 6.42 Å². The molecule has 35 heavy (non-hydrogen) atoms. The van der Waals surface area contributed by atoms with Gasteiger partial charge in [-0.15, -0.1) is 15.0 Å². The van der Waals surface area contributed by atoms with Gasteiger partial charge in [-0.2, -0.15) is 0 Å². The number of aromatic nitrogens is 4. The van der Waals surface area contributed by atoms with Crippen LogP contribution in [0.1, 0.15) is 167 Å². The summed E-state index contributed by atoms with van der Waals surface area (Å²) < 4.78 is 5.31. The first-order valence-corrected chi connectivity index (χ1v) is 15.2. The molecule has 0 saturated carbocycles. The first kappa shape index (κ1) is 31.6. The van der Waals surface area contributed by atoms with Gasteiger partial charge >= 0.3 is 5.97 Å². The molecule has 6 heteroatoms. The molecule has 1 heterocycles. The number of hydrogen-bond donors (Lipinski definition) is 0. The highest BCUT2D eigenvalue weighted by Gasteiger charge is 2.24. The van der Waals surface area contributed by atoms with Gasteiger partial charge < -0.3 is 4.74 Å². The summed E-state index contributed by atoms with van der Waals surface area (Å²) in [5, 5.41) is 13.0. The smallest absolute Gasteiger partial charge is 0.332 e. The monoisotopic (exact) mass is 492 g/mol. The number of carbonyl (C=O) groups is 1. The van der Waals surface area contributed by atoms with Gasteiger partial charge in [0.05, 0.1) is 6.61 Å². The van der Waals surface area contributed by atoms with Gasteiger partial charge in [0.2, 0.25) is 0 Å². The van der Waals surface area contributed by atoms with Crippen LogP contribution in [0.25, 0.3) is 0 Å². The molecule has 1 aromatic heterocycles. The van der Waals surface area contributed by atoms with Crippen LogP contribution in [0.2, 0.25) is 0 Å². The molecule has 0 spiro atoms. The zero-order valence-corrected chi connectivity index (χ0v) is 23.4. The summed E-state index contributed by atoms with van der Waals surface area (Å²) in [6.07, 6.45) is 27.5. The van der Waals surface area contributed by atoms with E-state index < -0.39 is 6.04 Å². The van der Waals surface area contributed by atoms with E-state index in [0.29, 0.717) is 6.61 Å². The number of tetrazole rings is 1. The van der Waals surface area contributed by atoms with E-state index >= 15 is 0 Å². The molecular weight excluding hydrogens is 436 g/mol. The highest BCUT2D eigenvalue weighted by Crippen LogP contribution is 2.18. The Hall–Kier alpha value is -1.46. The molecule has 0 N–H and O–H groups in total. The molecule has 0 aliphatic carbocycles. The van der Waals surface area contributed by atoms with Crippen LogP contribution in [0.15, 0.2) is 0 Å². The van der Waals surface area contributed by atoms with E-state index in [9.17, 15) is 4.79 Å². The fraction of sp³-hybridized carbons (Fsp3) is 0.931. The molecule has 0 saturated heterocycles. The predicted octanol–water partition coefficient (Wildman–Crippen LogP) is 8.55. The summed E-state index contributed by atoms with van der Waals surface area (Å²) in [4.78, 5) is 14.0. The van der Waals surface area contributed by atoms with E-state index in [4.69, 9.17) is 4.74 Å². The molecule has 0 amide bonds. The van der Waals surface area contributed by atoms with E-state index in [-0.39, 0.29) is 5.97 Å². The number of esters is 1. The minimum atomic E-state index is -0.446. The SMILES string of the molecule is CCCCCCCCCCCCc1nnn(C(CCCCCCCCCCCC)C(=O)OCC)n1. The van der Waals surface area contributed by atoms with Gasteiger partial charge in [-0.3, -0.25) is 0 Å². The molecule has 0 aliphatic rings. The number of unbranched alkanes of at least 4 members (excludes halogenated alkanes) is 18. The molecule has 204 valence electrons. The van der Waals surface area contributed by atoms with Crippen molar-refractivity contribution < 1.29 is 9.53 Å². The number of aryl methyl sites for hydroxylation is 1. The molecular formula is C29H56N4O2. The first-order valence-electron chi connectivity index (χ1n) is 15.2. The molecule has 1 atom stereocenters. The zero-order chi connectivity index (χ0) is 25.4. The summed E-state index contributed by atoms with van der Waals surface area (Å²) in [5.74, 6) is 0.522. The Morgan fingerprint density at radius 3 is 1.63 bits per heavy atom. The van der Waals surface area contributed by atoms with Gasteiger partial charge in [0.25, 0.3) is 0 Å². The molecule has 0 fully saturated rings. The van der Waals surface area contributed by atoms with Crippen LogP contribution in [-0.4, -0.2) is 32.8 Å². The number of ether oxygens (including phenoxy) is 1. The van der Waals surface area contributed by atoms with E-state index in [2.05, 4.69) is 29.3 Å². The summed E-state index contributed by atoms with van der Waals surface area (Å²) >= 11 is 0. The zero-order valence-electron chi connectivity index (χ0n) is 23.4. The fourth-order valence-corrected chi connectivity index (χ4v) is 4.65. The second kappa shape index (κ2) is 23.0. The summed E-state index contributed by atoms with van der Waals surface area (Å²) in [5.41, 5.74) is 0. The highest BCUT2D eigenvalue weighted by atomic mass is 16.5. The lowest BCUT2D eigenvalue weighted by Crippen LogP contribution is -2.24. The maximum Gasteiger partial charge on any atom is 0.332 e. The van der Waals surface area contributed by atoms with Crippen molar-refractivity contribution in [3.8, 4) is 0 Å². The first-order chi connectivity index (χ1) is 17.2. The van der Waals surface area contributed by atoms with Gasteiger partial charge in [-0.1, -0.05) is 136 Å². The van der Waals surface area contributed by atoms with Crippen LogP contribution in [0, 0.1) is 0 Å². The van der Waals surface area contributed by atoms with E-state index in [0.717, 1.165) is 37.9 Å². The van der Waals surface area contributed by atoms with E-state index in [1.54, 1.807) is 0 Å². The lowest BCUT2D eigenvalue weighted by atomic mass is 10.0. The van der Waals surface area contributed by atoms with Crippen molar-refractivity contribution in [2.24, 2.45) is 0 Å². The Bertz CT molecular complexity index is 605.